The van der Waals surface area contributed by atoms with Crippen molar-refractivity contribution in [2.75, 3.05) is 23.8 Å². The van der Waals surface area contributed by atoms with Gasteiger partial charge >= 0.3 is 0 Å². The summed E-state index contributed by atoms with van der Waals surface area (Å²) in [6.45, 7) is 0. The molecular formula is C28H24N4O4S. The minimum absolute atomic E-state index is 0.0557. The third-order valence-corrected chi connectivity index (χ3v) is 7.80. The number of sulfonamides is 1. The smallest absolute Gasteiger partial charge is 0.264 e. The fraction of sp³-hybridized carbons (Fsp3) is 0.0714. The summed E-state index contributed by atoms with van der Waals surface area (Å²) < 4.78 is 32.9. The number of anilines is 2. The van der Waals surface area contributed by atoms with E-state index in [1.165, 1.54) is 38.4 Å². The Bertz CT molecular complexity index is 1660. The molecule has 5 rings (SSSR count). The van der Waals surface area contributed by atoms with E-state index in [0.717, 1.165) is 20.9 Å². The Morgan fingerprint density at radius 1 is 0.892 bits per heavy atom. The Balaban J connectivity index is 1.38. The number of imidazole rings is 1. The first kappa shape index (κ1) is 24.1. The number of para-hydroxylation sites is 5. The summed E-state index contributed by atoms with van der Waals surface area (Å²) in [5, 5.41) is 2.92. The number of nitrogens with one attached hydrogen (secondary N) is 2. The number of ether oxygens (including phenoxy) is 1. The van der Waals surface area contributed by atoms with Crippen LogP contribution in [0, 0.1) is 0 Å². The quantitative estimate of drug-likeness (QED) is 0.307. The van der Waals surface area contributed by atoms with Crippen molar-refractivity contribution in [2.45, 2.75) is 4.90 Å². The lowest BCUT2D eigenvalue weighted by Crippen LogP contribution is -2.27. The van der Waals surface area contributed by atoms with Crippen LogP contribution in [0.1, 0.15) is 10.4 Å². The van der Waals surface area contributed by atoms with Crippen LogP contribution >= 0.6 is 0 Å². The fourth-order valence-electron chi connectivity index (χ4n) is 4.03. The van der Waals surface area contributed by atoms with Gasteiger partial charge in [-0.05, 0) is 60.7 Å². The molecule has 0 saturated heterocycles. The van der Waals surface area contributed by atoms with E-state index in [9.17, 15) is 13.2 Å². The predicted molar refractivity (Wildman–Crippen MR) is 145 cm³/mol. The molecule has 0 fully saturated rings. The second-order valence-corrected chi connectivity index (χ2v) is 10.2. The Kier molecular flexibility index (Phi) is 6.37. The number of methoxy groups -OCH3 is 1. The number of H-pyrrole nitrogens is 1. The van der Waals surface area contributed by atoms with Gasteiger partial charge in [0.25, 0.3) is 15.9 Å². The number of carbonyl (C=O) groups is 1. The first-order valence-electron chi connectivity index (χ1n) is 11.5. The van der Waals surface area contributed by atoms with Gasteiger partial charge in [-0.2, -0.15) is 0 Å². The molecule has 1 aromatic heterocycles. The summed E-state index contributed by atoms with van der Waals surface area (Å²) in [7, 11) is -0.926. The minimum atomic E-state index is -3.87. The van der Waals surface area contributed by atoms with Crippen LogP contribution in [-0.4, -0.2) is 38.5 Å². The summed E-state index contributed by atoms with van der Waals surface area (Å²) in [5.41, 5.74) is 3.78. The molecule has 0 spiro atoms. The number of amides is 1. The monoisotopic (exact) mass is 512 g/mol. The zero-order valence-corrected chi connectivity index (χ0v) is 21.0. The third kappa shape index (κ3) is 4.64. The van der Waals surface area contributed by atoms with Crippen molar-refractivity contribution in [3.63, 3.8) is 0 Å². The molecule has 1 amide bonds. The summed E-state index contributed by atoms with van der Waals surface area (Å²) in [4.78, 5) is 21.0. The Labute approximate surface area is 214 Å². The van der Waals surface area contributed by atoms with Crippen molar-refractivity contribution in [2.24, 2.45) is 0 Å². The zero-order valence-electron chi connectivity index (χ0n) is 20.2. The van der Waals surface area contributed by atoms with Crippen molar-refractivity contribution >= 4 is 38.3 Å². The summed E-state index contributed by atoms with van der Waals surface area (Å²) in [6.07, 6.45) is 0. The molecular weight excluding hydrogens is 488 g/mol. The van der Waals surface area contributed by atoms with Crippen molar-refractivity contribution in [3.8, 4) is 17.1 Å². The fourth-order valence-corrected chi connectivity index (χ4v) is 5.24. The maximum atomic E-state index is 13.2. The molecule has 186 valence electrons. The first-order valence-corrected chi connectivity index (χ1v) is 12.9. The van der Waals surface area contributed by atoms with E-state index in [4.69, 9.17) is 4.74 Å². The molecule has 4 aromatic carbocycles. The molecule has 0 aliphatic carbocycles. The van der Waals surface area contributed by atoms with Crippen LogP contribution in [0.4, 0.5) is 11.4 Å². The van der Waals surface area contributed by atoms with Gasteiger partial charge in [-0.3, -0.25) is 9.10 Å². The number of aromatic amines is 1. The van der Waals surface area contributed by atoms with Gasteiger partial charge in [-0.1, -0.05) is 36.4 Å². The van der Waals surface area contributed by atoms with Crippen LogP contribution in [-0.2, 0) is 10.0 Å². The molecule has 0 unspecified atom stereocenters. The molecule has 0 atom stereocenters. The first-order chi connectivity index (χ1) is 17.9. The summed E-state index contributed by atoms with van der Waals surface area (Å²) in [5.74, 6) is 0.705. The van der Waals surface area contributed by atoms with Gasteiger partial charge in [0.1, 0.15) is 11.6 Å². The van der Waals surface area contributed by atoms with E-state index in [2.05, 4.69) is 15.3 Å². The third-order valence-electron chi connectivity index (χ3n) is 6.02. The largest absolute Gasteiger partial charge is 0.495 e. The average Bonchev–Trinajstić information content (AvgIpc) is 3.37. The molecule has 0 bridgehead atoms. The maximum absolute atomic E-state index is 13.2. The highest BCUT2D eigenvalue weighted by Gasteiger charge is 2.24. The standard InChI is InChI=1S/C28H24N4O4S/c1-32(25-13-7-8-14-26(25)36-2)37(34,35)20-17-15-19(16-18-20)28(33)31-22-10-4-3-9-21(22)27-29-23-11-5-6-12-24(23)30-27/h3-18H,1-2H3,(H,29,30)(H,31,33). The van der Waals surface area contributed by atoms with E-state index in [1.54, 1.807) is 30.3 Å². The number of hydrogen-bond donors (Lipinski definition) is 2. The molecule has 0 aliphatic heterocycles. The lowest BCUT2D eigenvalue weighted by Gasteiger charge is -2.21. The van der Waals surface area contributed by atoms with E-state index in [-0.39, 0.29) is 10.8 Å². The van der Waals surface area contributed by atoms with Crippen molar-refractivity contribution in [3.05, 3.63) is 103 Å². The van der Waals surface area contributed by atoms with Crippen LogP contribution in [0.3, 0.4) is 0 Å². The van der Waals surface area contributed by atoms with Gasteiger partial charge in [-0.15, -0.1) is 0 Å². The van der Waals surface area contributed by atoms with Crippen LogP contribution in [0.2, 0.25) is 0 Å². The molecule has 5 aromatic rings. The van der Waals surface area contributed by atoms with Crippen LogP contribution in [0.25, 0.3) is 22.4 Å². The van der Waals surface area contributed by atoms with Gasteiger partial charge in [0.15, 0.2) is 0 Å². The zero-order chi connectivity index (χ0) is 26.0. The van der Waals surface area contributed by atoms with E-state index in [0.29, 0.717) is 28.5 Å². The Hall–Kier alpha value is -4.63. The van der Waals surface area contributed by atoms with Gasteiger partial charge in [-0.25, -0.2) is 13.4 Å². The number of aromatic nitrogens is 2. The van der Waals surface area contributed by atoms with E-state index >= 15 is 0 Å². The number of rotatable bonds is 7. The van der Waals surface area contributed by atoms with Crippen LogP contribution < -0.4 is 14.4 Å². The second-order valence-electron chi connectivity index (χ2n) is 8.27. The highest BCUT2D eigenvalue weighted by atomic mass is 32.2. The molecule has 0 aliphatic rings. The lowest BCUT2D eigenvalue weighted by molar-refractivity contribution is 0.102. The van der Waals surface area contributed by atoms with Crippen LogP contribution in [0.5, 0.6) is 5.75 Å². The Morgan fingerprint density at radius 2 is 1.57 bits per heavy atom. The van der Waals surface area contributed by atoms with Crippen molar-refractivity contribution in [1.82, 2.24) is 9.97 Å². The SMILES string of the molecule is COc1ccccc1N(C)S(=O)(=O)c1ccc(C(=O)Nc2ccccc2-c2nc3ccccc3[nH]2)cc1. The van der Waals surface area contributed by atoms with E-state index in [1.807, 2.05) is 42.5 Å². The predicted octanol–water partition coefficient (Wildman–Crippen LogP) is 5.32. The van der Waals surface area contributed by atoms with Gasteiger partial charge in [0.2, 0.25) is 0 Å². The van der Waals surface area contributed by atoms with Gasteiger partial charge in [0.05, 0.1) is 34.4 Å². The molecule has 0 radical (unpaired) electrons. The molecule has 2 N–H and O–H groups in total. The number of nitrogens with zero attached hydrogens (tertiary/aromatic N) is 2. The van der Waals surface area contributed by atoms with Crippen molar-refractivity contribution in [1.29, 1.82) is 0 Å². The summed E-state index contributed by atoms with van der Waals surface area (Å²) >= 11 is 0. The maximum Gasteiger partial charge on any atom is 0.264 e. The molecule has 9 heteroatoms. The lowest BCUT2D eigenvalue weighted by atomic mass is 10.1. The highest BCUT2D eigenvalue weighted by Crippen LogP contribution is 2.31. The van der Waals surface area contributed by atoms with Gasteiger partial charge < -0.3 is 15.0 Å². The Morgan fingerprint density at radius 3 is 2.32 bits per heavy atom. The molecule has 1 heterocycles. The molecule has 0 saturated carbocycles. The number of benzene rings is 4. The van der Waals surface area contributed by atoms with E-state index < -0.39 is 10.0 Å². The number of hydrogen-bond acceptors (Lipinski definition) is 5. The summed E-state index contributed by atoms with van der Waals surface area (Å²) in [6, 6.07) is 27.7. The average molecular weight is 513 g/mol. The number of carbonyl (C=O) groups excluding carboxylic acids is 1. The normalized spacial score (nSPS) is 11.3. The van der Waals surface area contributed by atoms with Gasteiger partial charge in [0, 0.05) is 18.2 Å². The van der Waals surface area contributed by atoms with Crippen molar-refractivity contribution < 1.29 is 17.9 Å². The molecule has 37 heavy (non-hydrogen) atoms. The van der Waals surface area contributed by atoms with Crippen LogP contribution in [0.15, 0.2) is 102 Å². The second kappa shape index (κ2) is 9.79. The molecule has 8 nitrogen and oxygen atoms in total. The number of fused-ring (bicyclic) bond motifs is 1. The minimum Gasteiger partial charge on any atom is -0.495 e. The topological polar surface area (TPSA) is 104 Å². The highest BCUT2D eigenvalue weighted by molar-refractivity contribution is 7.92.